The van der Waals surface area contributed by atoms with Gasteiger partial charge in [-0.25, -0.2) is 13.8 Å². The Labute approximate surface area is 152 Å². The largest absolute Gasteiger partial charge is 0.356 e. The molecule has 8 heteroatoms. The molecule has 5 nitrogen and oxygen atoms in total. The molecule has 1 amide bonds. The van der Waals surface area contributed by atoms with E-state index in [1.807, 2.05) is 6.92 Å². The molecule has 0 spiro atoms. The first-order valence-corrected chi connectivity index (χ1v) is 7.10. The Morgan fingerprint density at radius 2 is 1.96 bits per heavy atom. The molecule has 0 saturated heterocycles. The molecule has 1 rings (SSSR count). The van der Waals surface area contributed by atoms with Crippen LogP contribution < -0.4 is 10.6 Å². The van der Waals surface area contributed by atoms with Crippen molar-refractivity contribution in [3.8, 4) is 0 Å². The van der Waals surface area contributed by atoms with E-state index in [0.717, 1.165) is 24.6 Å². The van der Waals surface area contributed by atoms with E-state index < -0.39 is 11.6 Å². The Morgan fingerprint density at radius 1 is 1.26 bits per heavy atom. The predicted octanol–water partition coefficient (Wildman–Crippen LogP) is 2.12. The second-order valence-corrected chi connectivity index (χ2v) is 4.97. The van der Waals surface area contributed by atoms with Crippen LogP contribution in [0.25, 0.3) is 0 Å². The SMILES string of the molecule is CCCNC(=NCc1cc(F)ccc1F)NCC(=O)N(C)C.I. The molecular weight excluding hydrogens is 417 g/mol. The lowest BCUT2D eigenvalue weighted by atomic mass is 10.2. The van der Waals surface area contributed by atoms with Crippen LogP contribution in [-0.4, -0.2) is 44.0 Å². The molecular formula is C15H23F2IN4O. The lowest BCUT2D eigenvalue weighted by Gasteiger charge is -2.14. The van der Waals surface area contributed by atoms with Gasteiger partial charge in [0.15, 0.2) is 5.96 Å². The van der Waals surface area contributed by atoms with Crippen molar-refractivity contribution >= 4 is 35.8 Å². The second-order valence-electron chi connectivity index (χ2n) is 4.97. The predicted molar refractivity (Wildman–Crippen MR) is 97.9 cm³/mol. The van der Waals surface area contributed by atoms with E-state index in [1.54, 1.807) is 14.1 Å². The maximum Gasteiger partial charge on any atom is 0.241 e. The molecule has 0 heterocycles. The Balaban J connectivity index is 0.00000484. The molecule has 0 bridgehead atoms. The molecule has 23 heavy (non-hydrogen) atoms. The zero-order chi connectivity index (χ0) is 16.5. The summed E-state index contributed by atoms with van der Waals surface area (Å²) in [6.45, 7) is 2.71. The minimum absolute atomic E-state index is 0. The number of aliphatic imine (C=N–C) groups is 1. The maximum absolute atomic E-state index is 13.6. The van der Waals surface area contributed by atoms with Crippen molar-refractivity contribution in [1.29, 1.82) is 0 Å². The average molecular weight is 440 g/mol. The van der Waals surface area contributed by atoms with E-state index in [-0.39, 0.29) is 48.5 Å². The molecule has 0 fully saturated rings. The number of hydrogen-bond donors (Lipinski definition) is 2. The molecule has 0 aliphatic carbocycles. The Kier molecular flexibility index (Phi) is 10.4. The standard InChI is InChI=1S/C15H22F2N4O.HI/c1-4-7-18-15(20-10-14(22)21(2)3)19-9-11-8-12(16)5-6-13(11)17;/h5-6,8H,4,7,9-10H2,1-3H3,(H2,18,19,20);1H. The van der Waals surface area contributed by atoms with E-state index >= 15 is 0 Å². The second kappa shape index (κ2) is 11.1. The summed E-state index contributed by atoms with van der Waals surface area (Å²) in [4.78, 5) is 17.2. The first-order chi connectivity index (χ1) is 10.4. The fourth-order valence-electron chi connectivity index (χ4n) is 1.56. The summed E-state index contributed by atoms with van der Waals surface area (Å²) >= 11 is 0. The third-order valence-electron chi connectivity index (χ3n) is 2.86. The number of rotatable bonds is 6. The fraction of sp³-hybridized carbons (Fsp3) is 0.467. The van der Waals surface area contributed by atoms with Gasteiger partial charge in [-0.2, -0.15) is 0 Å². The number of benzene rings is 1. The van der Waals surface area contributed by atoms with Gasteiger partial charge in [0.2, 0.25) is 5.91 Å². The molecule has 2 N–H and O–H groups in total. The lowest BCUT2D eigenvalue weighted by Crippen LogP contribution is -2.43. The van der Waals surface area contributed by atoms with Crippen molar-refractivity contribution in [2.75, 3.05) is 27.2 Å². The van der Waals surface area contributed by atoms with Gasteiger partial charge in [-0.15, -0.1) is 24.0 Å². The number of carbonyl (C=O) groups excluding carboxylic acids is 1. The number of nitrogens with one attached hydrogen (secondary N) is 2. The first-order valence-electron chi connectivity index (χ1n) is 7.10. The van der Waals surface area contributed by atoms with Crippen LogP contribution in [0.4, 0.5) is 8.78 Å². The summed E-state index contributed by atoms with van der Waals surface area (Å²) in [5, 5.41) is 5.89. The molecule has 0 aromatic heterocycles. The molecule has 0 unspecified atom stereocenters. The number of amides is 1. The summed E-state index contributed by atoms with van der Waals surface area (Å²) in [7, 11) is 3.31. The molecule has 0 aliphatic heterocycles. The highest BCUT2D eigenvalue weighted by atomic mass is 127. The monoisotopic (exact) mass is 440 g/mol. The third-order valence-corrected chi connectivity index (χ3v) is 2.86. The Bertz CT molecular complexity index is 538. The van der Waals surface area contributed by atoms with E-state index in [0.29, 0.717) is 12.5 Å². The summed E-state index contributed by atoms with van der Waals surface area (Å²) in [5.74, 6) is -0.738. The fourth-order valence-corrected chi connectivity index (χ4v) is 1.56. The van der Waals surface area contributed by atoms with Crippen LogP contribution in [-0.2, 0) is 11.3 Å². The summed E-state index contributed by atoms with van der Waals surface area (Å²) in [5.41, 5.74) is 0.163. The molecule has 1 aromatic rings. The highest BCUT2D eigenvalue weighted by molar-refractivity contribution is 14.0. The van der Waals surface area contributed by atoms with Crippen molar-refractivity contribution in [1.82, 2.24) is 15.5 Å². The van der Waals surface area contributed by atoms with Crippen molar-refractivity contribution < 1.29 is 13.6 Å². The minimum atomic E-state index is -0.510. The van der Waals surface area contributed by atoms with Gasteiger partial charge in [0.25, 0.3) is 0 Å². The summed E-state index contributed by atoms with van der Waals surface area (Å²) < 4.78 is 26.7. The molecule has 0 atom stereocenters. The number of nitrogens with zero attached hydrogens (tertiary/aromatic N) is 2. The number of hydrogen-bond acceptors (Lipinski definition) is 2. The summed E-state index contributed by atoms with van der Waals surface area (Å²) in [6, 6.07) is 3.25. The van der Waals surface area contributed by atoms with E-state index in [9.17, 15) is 13.6 Å². The molecule has 130 valence electrons. The van der Waals surface area contributed by atoms with E-state index in [1.165, 1.54) is 4.90 Å². The van der Waals surface area contributed by atoms with E-state index in [4.69, 9.17) is 0 Å². The van der Waals surface area contributed by atoms with E-state index in [2.05, 4.69) is 15.6 Å². The normalized spacial score (nSPS) is 10.7. The highest BCUT2D eigenvalue weighted by Gasteiger charge is 2.07. The van der Waals surface area contributed by atoms with Crippen LogP contribution in [0.2, 0.25) is 0 Å². The number of guanidine groups is 1. The number of likely N-dealkylation sites (N-methyl/N-ethyl adjacent to an activating group) is 1. The van der Waals surface area contributed by atoms with Gasteiger partial charge in [0, 0.05) is 26.2 Å². The van der Waals surface area contributed by atoms with Gasteiger partial charge in [-0.1, -0.05) is 6.92 Å². The summed E-state index contributed by atoms with van der Waals surface area (Å²) in [6.07, 6.45) is 0.872. The van der Waals surface area contributed by atoms with Crippen molar-refractivity contribution in [2.24, 2.45) is 4.99 Å². The minimum Gasteiger partial charge on any atom is -0.356 e. The van der Waals surface area contributed by atoms with Crippen LogP contribution in [0.5, 0.6) is 0 Å². The molecule has 0 saturated carbocycles. The van der Waals surface area contributed by atoms with Gasteiger partial charge in [0.05, 0.1) is 13.1 Å². The zero-order valence-corrected chi connectivity index (χ0v) is 15.9. The van der Waals surface area contributed by atoms with Crippen LogP contribution >= 0.6 is 24.0 Å². The van der Waals surface area contributed by atoms with Gasteiger partial charge in [-0.05, 0) is 24.6 Å². The topological polar surface area (TPSA) is 56.7 Å². The molecule has 0 aliphatic rings. The van der Waals surface area contributed by atoms with Crippen LogP contribution in [0, 0.1) is 11.6 Å². The van der Waals surface area contributed by atoms with Gasteiger partial charge >= 0.3 is 0 Å². The van der Waals surface area contributed by atoms with Gasteiger partial charge in [0.1, 0.15) is 11.6 Å². The smallest absolute Gasteiger partial charge is 0.241 e. The Hall–Kier alpha value is -1.45. The third kappa shape index (κ3) is 8.10. The van der Waals surface area contributed by atoms with Crippen molar-refractivity contribution in [3.05, 3.63) is 35.4 Å². The molecule has 0 radical (unpaired) electrons. The first kappa shape index (κ1) is 21.6. The number of halogens is 3. The van der Waals surface area contributed by atoms with Crippen LogP contribution in [0.1, 0.15) is 18.9 Å². The number of carbonyl (C=O) groups is 1. The van der Waals surface area contributed by atoms with Gasteiger partial charge < -0.3 is 15.5 Å². The highest BCUT2D eigenvalue weighted by Crippen LogP contribution is 2.10. The lowest BCUT2D eigenvalue weighted by molar-refractivity contribution is -0.127. The van der Waals surface area contributed by atoms with Crippen molar-refractivity contribution in [2.45, 2.75) is 19.9 Å². The van der Waals surface area contributed by atoms with Crippen LogP contribution in [0.15, 0.2) is 23.2 Å². The van der Waals surface area contributed by atoms with Crippen molar-refractivity contribution in [3.63, 3.8) is 0 Å². The average Bonchev–Trinajstić information content (AvgIpc) is 2.49. The van der Waals surface area contributed by atoms with Gasteiger partial charge in [-0.3, -0.25) is 4.79 Å². The quantitative estimate of drug-likeness (QED) is 0.405. The maximum atomic E-state index is 13.6. The van der Waals surface area contributed by atoms with Crippen LogP contribution in [0.3, 0.4) is 0 Å². The zero-order valence-electron chi connectivity index (χ0n) is 13.5. The Morgan fingerprint density at radius 3 is 2.57 bits per heavy atom. The molecule has 1 aromatic carbocycles.